The highest BCUT2D eigenvalue weighted by Gasteiger charge is 2.30. The van der Waals surface area contributed by atoms with Gasteiger partial charge in [0.15, 0.2) is 14.6 Å². The lowest BCUT2D eigenvalue weighted by Gasteiger charge is -2.32. The van der Waals surface area contributed by atoms with Crippen molar-refractivity contribution in [2.24, 2.45) is 4.99 Å². The molecular weight excluding hydrogens is 506 g/mol. The van der Waals surface area contributed by atoms with Crippen molar-refractivity contribution in [1.82, 2.24) is 8.87 Å². The lowest BCUT2D eigenvalue weighted by atomic mass is 10.1. The van der Waals surface area contributed by atoms with E-state index in [1.807, 2.05) is 6.92 Å². The highest BCUT2D eigenvalue weighted by atomic mass is 32.2. The molecule has 0 radical (unpaired) electrons. The number of fused-ring (bicyclic) bond motifs is 1. The fraction of sp³-hybridized carbons (Fsp3) is 0.333. The third kappa shape index (κ3) is 5.11. The molecule has 1 aromatic heterocycles. The van der Waals surface area contributed by atoms with Gasteiger partial charge in [-0.3, -0.25) is 4.79 Å². The highest BCUT2D eigenvalue weighted by molar-refractivity contribution is 7.90. The summed E-state index contributed by atoms with van der Waals surface area (Å²) in [7, 11) is -7.04. The van der Waals surface area contributed by atoms with E-state index in [-0.39, 0.29) is 27.9 Å². The molecule has 8 nitrogen and oxygen atoms in total. The van der Waals surface area contributed by atoms with E-state index in [9.17, 15) is 21.6 Å². The Morgan fingerprint density at radius 3 is 2.43 bits per heavy atom. The van der Waals surface area contributed by atoms with Crippen LogP contribution in [0.4, 0.5) is 0 Å². The first-order chi connectivity index (χ1) is 16.5. The van der Waals surface area contributed by atoms with Gasteiger partial charge < -0.3 is 4.57 Å². The maximum atomic E-state index is 13.0. The molecule has 1 aliphatic heterocycles. The number of benzene rings is 2. The predicted octanol–water partition coefficient (Wildman–Crippen LogP) is 3.04. The number of thiazole rings is 1. The van der Waals surface area contributed by atoms with E-state index in [0.29, 0.717) is 21.6 Å². The Balaban J connectivity index is 1.69. The molecule has 0 aliphatic carbocycles. The van der Waals surface area contributed by atoms with E-state index in [1.165, 1.54) is 40.7 Å². The van der Waals surface area contributed by atoms with Crippen molar-refractivity contribution in [2.75, 3.05) is 12.8 Å². The Morgan fingerprint density at radius 2 is 1.80 bits per heavy atom. The summed E-state index contributed by atoms with van der Waals surface area (Å²) >= 11 is 1.16. The van der Waals surface area contributed by atoms with Crippen molar-refractivity contribution in [3.05, 3.63) is 52.8 Å². The SMILES string of the molecule is C#CCn1c(=NC(=O)c2ccc(S(=O)(=O)N3CCCCC3C)cc2)sc2cc(S(C)(=O)=O)ccc21. The van der Waals surface area contributed by atoms with Crippen molar-refractivity contribution in [1.29, 1.82) is 0 Å². The van der Waals surface area contributed by atoms with E-state index in [4.69, 9.17) is 6.42 Å². The van der Waals surface area contributed by atoms with Gasteiger partial charge in [-0.05, 0) is 62.2 Å². The van der Waals surface area contributed by atoms with Crippen LogP contribution in [0.15, 0.2) is 57.2 Å². The number of sulfone groups is 1. The van der Waals surface area contributed by atoms with Crippen molar-refractivity contribution in [2.45, 2.75) is 48.6 Å². The van der Waals surface area contributed by atoms with Crippen molar-refractivity contribution in [3.63, 3.8) is 0 Å². The molecule has 1 fully saturated rings. The summed E-state index contributed by atoms with van der Waals surface area (Å²) in [6.07, 6.45) is 9.29. The molecule has 4 rings (SSSR count). The van der Waals surface area contributed by atoms with Crippen LogP contribution in [-0.4, -0.2) is 50.5 Å². The minimum absolute atomic E-state index is 0.0622. The van der Waals surface area contributed by atoms with Gasteiger partial charge in [0.05, 0.1) is 26.6 Å². The second-order valence-corrected chi connectivity index (χ2v) is 13.4. The minimum atomic E-state index is -3.64. The number of terminal acetylenes is 1. The van der Waals surface area contributed by atoms with Gasteiger partial charge in [-0.1, -0.05) is 23.7 Å². The molecule has 11 heteroatoms. The maximum Gasteiger partial charge on any atom is 0.279 e. The number of aromatic nitrogens is 1. The van der Waals surface area contributed by atoms with Crippen LogP contribution in [0.2, 0.25) is 0 Å². The van der Waals surface area contributed by atoms with Gasteiger partial charge >= 0.3 is 0 Å². The van der Waals surface area contributed by atoms with E-state index in [1.54, 1.807) is 10.6 Å². The fourth-order valence-electron chi connectivity index (χ4n) is 4.10. The van der Waals surface area contributed by atoms with Gasteiger partial charge in [-0.15, -0.1) is 6.42 Å². The van der Waals surface area contributed by atoms with E-state index in [2.05, 4.69) is 10.9 Å². The molecule has 1 atom stereocenters. The van der Waals surface area contributed by atoms with Crippen molar-refractivity contribution < 1.29 is 21.6 Å². The standard InChI is InChI=1S/C24H25N3O5S3/c1-4-14-26-21-13-12-20(34(3,29)30)16-22(21)33-24(26)25-23(28)18-8-10-19(11-9-18)35(31,32)27-15-6-5-7-17(27)2/h1,8-13,16-17H,5-7,14-15H2,2-3H3. The molecule has 0 bridgehead atoms. The molecule has 0 N–H and O–H groups in total. The molecule has 1 unspecified atom stereocenters. The molecule has 35 heavy (non-hydrogen) atoms. The van der Waals surface area contributed by atoms with Crippen LogP contribution in [0.5, 0.6) is 0 Å². The predicted molar refractivity (Wildman–Crippen MR) is 135 cm³/mol. The lowest BCUT2D eigenvalue weighted by Crippen LogP contribution is -2.41. The number of hydrogen-bond acceptors (Lipinski definition) is 6. The summed E-state index contributed by atoms with van der Waals surface area (Å²) in [6.45, 7) is 2.54. The third-order valence-electron chi connectivity index (χ3n) is 5.98. The summed E-state index contributed by atoms with van der Waals surface area (Å²) in [5, 5.41) is 0. The summed E-state index contributed by atoms with van der Waals surface area (Å²) in [4.78, 5) is 17.7. The Morgan fingerprint density at radius 1 is 1.11 bits per heavy atom. The topological polar surface area (TPSA) is 106 Å². The Bertz CT molecular complexity index is 1610. The second kappa shape index (κ2) is 9.70. The average molecular weight is 532 g/mol. The largest absolute Gasteiger partial charge is 0.305 e. The molecular formula is C24H25N3O5S3. The third-order valence-corrected chi connectivity index (χ3v) is 10.2. The average Bonchev–Trinajstić information content (AvgIpc) is 3.15. The maximum absolute atomic E-state index is 13.0. The van der Waals surface area contributed by atoms with Gasteiger partial charge in [0.1, 0.15) is 0 Å². The van der Waals surface area contributed by atoms with Crippen LogP contribution >= 0.6 is 11.3 Å². The van der Waals surface area contributed by atoms with Gasteiger partial charge in [0.2, 0.25) is 10.0 Å². The Hall–Kier alpha value is -2.78. The summed E-state index contributed by atoms with van der Waals surface area (Å²) < 4.78 is 53.7. The number of carbonyl (C=O) groups is 1. The molecule has 2 heterocycles. The smallest absolute Gasteiger partial charge is 0.279 e. The normalized spacial score (nSPS) is 18.0. The molecule has 0 spiro atoms. The van der Waals surface area contributed by atoms with Gasteiger partial charge in [0, 0.05) is 24.4 Å². The molecule has 2 aromatic carbocycles. The van der Waals surface area contributed by atoms with Gasteiger partial charge in [0.25, 0.3) is 5.91 Å². The second-order valence-electron chi connectivity index (χ2n) is 8.48. The zero-order chi connectivity index (χ0) is 25.4. The van der Waals surface area contributed by atoms with Crippen LogP contribution in [0.1, 0.15) is 36.5 Å². The van der Waals surface area contributed by atoms with Crippen LogP contribution in [-0.2, 0) is 26.4 Å². The van der Waals surface area contributed by atoms with Crippen LogP contribution < -0.4 is 4.80 Å². The number of carbonyl (C=O) groups excluding carboxylic acids is 1. The van der Waals surface area contributed by atoms with Crippen LogP contribution in [0, 0.1) is 12.3 Å². The van der Waals surface area contributed by atoms with Crippen molar-refractivity contribution >= 4 is 47.3 Å². The van der Waals surface area contributed by atoms with Crippen molar-refractivity contribution in [3.8, 4) is 12.3 Å². The van der Waals surface area contributed by atoms with Crippen LogP contribution in [0.25, 0.3) is 10.2 Å². The first-order valence-corrected chi connectivity index (χ1v) is 15.1. The molecule has 1 aliphatic rings. The number of rotatable bonds is 5. The van der Waals surface area contributed by atoms with Gasteiger partial charge in [-0.2, -0.15) is 9.30 Å². The molecule has 1 saturated heterocycles. The van der Waals surface area contributed by atoms with Gasteiger partial charge in [-0.25, -0.2) is 16.8 Å². The summed E-state index contributed by atoms with van der Waals surface area (Å²) in [6, 6.07) is 10.4. The molecule has 1 amide bonds. The summed E-state index contributed by atoms with van der Waals surface area (Å²) in [5.41, 5.74) is 0.904. The number of hydrogen-bond donors (Lipinski definition) is 0. The molecule has 0 saturated carbocycles. The first kappa shape index (κ1) is 25.3. The Kier molecular flexibility index (Phi) is 7.02. The summed E-state index contributed by atoms with van der Waals surface area (Å²) in [5.74, 6) is 1.97. The van der Waals surface area contributed by atoms with E-state index >= 15 is 0 Å². The number of sulfonamides is 1. The Labute approximate surface area is 208 Å². The fourth-order valence-corrected chi connectivity index (χ4v) is 7.59. The number of nitrogens with zero attached hydrogens (tertiary/aromatic N) is 3. The zero-order valence-corrected chi connectivity index (χ0v) is 21.8. The first-order valence-electron chi connectivity index (χ1n) is 11.0. The van der Waals surface area contributed by atoms with E-state index < -0.39 is 25.8 Å². The van der Waals surface area contributed by atoms with Crippen LogP contribution in [0.3, 0.4) is 0 Å². The quantitative estimate of drug-likeness (QED) is 0.471. The number of amides is 1. The minimum Gasteiger partial charge on any atom is -0.305 e. The highest BCUT2D eigenvalue weighted by Crippen LogP contribution is 2.26. The monoisotopic (exact) mass is 531 g/mol. The number of piperidine rings is 1. The molecule has 3 aromatic rings. The van der Waals surface area contributed by atoms with E-state index in [0.717, 1.165) is 36.9 Å². The lowest BCUT2D eigenvalue weighted by molar-refractivity contribution is 0.0997. The zero-order valence-electron chi connectivity index (χ0n) is 19.3. The molecule has 184 valence electrons.